The molecule has 2 aromatic carbocycles. The van der Waals surface area contributed by atoms with Crippen LogP contribution in [0.15, 0.2) is 51.7 Å². The molecule has 0 aliphatic rings. The monoisotopic (exact) mass is 323 g/mol. The second-order valence-electron chi connectivity index (χ2n) is 5.02. The van der Waals surface area contributed by atoms with E-state index in [-0.39, 0.29) is 5.56 Å². The van der Waals surface area contributed by atoms with Crippen LogP contribution in [0.4, 0.5) is 5.69 Å². The highest BCUT2D eigenvalue weighted by Crippen LogP contribution is 2.25. The summed E-state index contributed by atoms with van der Waals surface area (Å²) in [6.07, 6.45) is 0. The smallest absolute Gasteiger partial charge is 0.347 e. The Morgan fingerprint density at radius 2 is 1.87 bits per heavy atom. The van der Waals surface area contributed by atoms with Crippen LogP contribution < -0.4 is 5.63 Å². The number of benzene rings is 2. The van der Waals surface area contributed by atoms with Crippen molar-refractivity contribution in [1.29, 1.82) is 0 Å². The van der Waals surface area contributed by atoms with Gasteiger partial charge in [0.1, 0.15) is 11.1 Å². The Hall–Kier alpha value is -2.90. The van der Waals surface area contributed by atoms with Gasteiger partial charge in [-0.2, -0.15) is 0 Å². The molecule has 5 heteroatoms. The molecule has 0 amide bonds. The van der Waals surface area contributed by atoms with Gasteiger partial charge in [0.05, 0.1) is 6.57 Å². The predicted molar refractivity (Wildman–Crippen MR) is 88.4 cm³/mol. The molecule has 1 aromatic heterocycles. The zero-order valence-electron chi connectivity index (χ0n) is 12.1. The maximum Gasteiger partial charge on any atom is 0.347 e. The maximum absolute atomic E-state index is 12.6. The molecule has 0 fully saturated rings. The first kappa shape index (κ1) is 15.0. The Bertz CT molecular complexity index is 1030. The average molecular weight is 324 g/mol. The Morgan fingerprint density at radius 3 is 2.52 bits per heavy atom. The van der Waals surface area contributed by atoms with Crippen molar-refractivity contribution in [3.63, 3.8) is 0 Å². The molecule has 0 unspecified atom stereocenters. The van der Waals surface area contributed by atoms with Crippen LogP contribution in [0.3, 0.4) is 0 Å². The van der Waals surface area contributed by atoms with Crippen LogP contribution in [-0.2, 0) is 0 Å². The molecule has 0 atom stereocenters. The molecule has 3 aromatic rings. The lowest BCUT2D eigenvalue weighted by Crippen LogP contribution is -2.17. The highest BCUT2D eigenvalue weighted by atomic mass is 35.5. The number of hydrogen-bond acceptors (Lipinski definition) is 3. The molecule has 0 saturated heterocycles. The molecule has 1 heterocycles. The van der Waals surface area contributed by atoms with E-state index in [0.717, 1.165) is 0 Å². The Labute approximate surface area is 136 Å². The van der Waals surface area contributed by atoms with Gasteiger partial charge in [-0.15, -0.1) is 0 Å². The maximum atomic E-state index is 12.6. The summed E-state index contributed by atoms with van der Waals surface area (Å²) in [5, 5.41) is 1.14. The van der Waals surface area contributed by atoms with Crippen molar-refractivity contribution in [1.82, 2.24) is 0 Å². The molecule has 4 nitrogen and oxygen atoms in total. The SMILES string of the molecule is [C-]#[N+]c1ccc2c(C)c(C(=O)c3ccc(Cl)cc3)c(=O)oc2c1. The van der Waals surface area contributed by atoms with Crippen molar-refractivity contribution in [3.05, 3.63) is 86.0 Å². The van der Waals surface area contributed by atoms with Crippen LogP contribution >= 0.6 is 11.6 Å². The Balaban J connectivity index is 2.22. The summed E-state index contributed by atoms with van der Waals surface area (Å²) in [6.45, 7) is 8.70. The second-order valence-corrected chi connectivity index (χ2v) is 5.45. The number of carbonyl (C=O) groups is 1. The van der Waals surface area contributed by atoms with Crippen LogP contribution in [-0.4, -0.2) is 5.78 Å². The molecule has 112 valence electrons. The third-order valence-corrected chi connectivity index (χ3v) is 3.87. The van der Waals surface area contributed by atoms with Crippen molar-refractivity contribution in [2.24, 2.45) is 0 Å². The van der Waals surface area contributed by atoms with Crippen LogP contribution in [0.1, 0.15) is 21.5 Å². The lowest BCUT2D eigenvalue weighted by atomic mass is 9.98. The molecule has 0 aliphatic heterocycles. The minimum atomic E-state index is -0.711. The van der Waals surface area contributed by atoms with Crippen LogP contribution in [0.5, 0.6) is 0 Å². The minimum absolute atomic E-state index is 0.00427. The van der Waals surface area contributed by atoms with E-state index in [1.807, 2.05) is 0 Å². The fourth-order valence-corrected chi connectivity index (χ4v) is 2.55. The molecule has 0 spiro atoms. The first-order valence-electron chi connectivity index (χ1n) is 6.76. The summed E-state index contributed by atoms with van der Waals surface area (Å²) in [7, 11) is 0. The van der Waals surface area contributed by atoms with Crippen LogP contribution in [0, 0.1) is 13.5 Å². The highest BCUT2D eigenvalue weighted by molar-refractivity contribution is 6.30. The van der Waals surface area contributed by atoms with Gasteiger partial charge in [0, 0.05) is 16.0 Å². The second kappa shape index (κ2) is 5.71. The number of aryl methyl sites for hydroxylation is 1. The number of carbonyl (C=O) groups excluding carboxylic acids is 1. The summed E-state index contributed by atoms with van der Waals surface area (Å²) in [5.41, 5.74) is 0.854. The van der Waals surface area contributed by atoms with Gasteiger partial charge in [-0.25, -0.2) is 9.64 Å². The standard InChI is InChI=1S/C18H10ClNO3/c1-10-14-8-7-13(20-2)9-15(14)23-18(22)16(10)17(21)11-3-5-12(19)6-4-11/h3-9H,1H3. The number of ketones is 1. The summed E-state index contributed by atoms with van der Waals surface area (Å²) in [4.78, 5) is 28.2. The number of nitrogens with zero attached hydrogens (tertiary/aromatic N) is 1. The normalized spacial score (nSPS) is 10.5. The molecule has 3 rings (SSSR count). The van der Waals surface area contributed by atoms with E-state index in [1.165, 1.54) is 6.07 Å². The van der Waals surface area contributed by atoms with Crippen LogP contribution in [0.25, 0.3) is 15.8 Å². The fourth-order valence-electron chi connectivity index (χ4n) is 2.42. The van der Waals surface area contributed by atoms with E-state index in [2.05, 4.69) is 4.85 Å². The van der Waals surface area contributed by atoms with Gasteiger partial charge in [-0.05, 0) is 42.8 Å². The fraction of sp³-hybridized carbons (Fsp3) is 0.0556. The molecule has 0 N–H and O–H groups in total. The van der Waals surface area contributed by atoms with Crippen molar-refractivity contribution < 1.29 is 9.21 Å². The van der Waals surface area contributed by atoms with Gasteiger partial charge in [-0.1, -0.05) is 23.7 Å². The van der Waals surface area contributed by atoms with Gasteiger partial charge in [-0.3, -0.25) is 4.79 Å². The summed E-state index contributed by atoms with van der Waals surface area (Å²) < 4.78 is 5.24. The first-order valence-corrected chi connectivity index (χ1v) is 7.14. The van der Waals surface area contributed by atoms with Crippen LogP contribution in [0.2, 0.25) is 5.02 Å². The van der Waals surface area contributed by atoms with Gasteiger partial charge in [0.25, 0.3) is 0 Å². The molecular formula is C18H10ClNO3. The number of halogens is 1. The van der Waals surface area contributed by atoms with E-state index < -0.39 is 11.4 Å². The third-order valence-electron chi connectivity index (χ3n) is 3.61. The van der Waals surface area contributed by atoms with Gasteiger partial charge in [0.2, 0.25) is 5.78 Å². The summed E-state index contributed by atoms with van der Waals surface area (Å²) in [6, 6.07) is 11.1. The van der Waals surface area contributed by atoms with Gasteiger partial charge < -0.3 is 4.42 Å². The van der Waals surface area contributed by atoms with Crippen molar-refractivity contribution in [3.8, 4) is 0 Å². The molecule has 23 heavy (non-hydrogen) atoms. The Morgan fingerprint density at radius 1 is 1.17 bits per heavy atom. The average Bonchev–Trinajstić information content (AvgIpc) is 2.54. The van der Waals surface area contributed by atoms with Crippen molar-refractivity contribution in [2.45, 2.75) is 6.92 Å². The van der Waals surface area contributed by atoms with E-state index >= 15 is 0 Å². The van der Waals surface area contributed by atoms with Gasteiger partial charge in [0.15, 0.2) is 5.69 Å². The van der Waals surface area contributed by atoms with E-state index in [0.29, 0.717) is 32.8 Å². The minimum Gasteiger partial charge on any atom is -0.424 e. The topological polar surface area (TPSA) is 51.6 Å². The number of hydrogen-bond donors (Lipinski definition) is 0. The van der Waals surface area contributed by atoms with Crippen molar-refractivity contribution >= 4 is 34.0 Å². The first-order chi connectivity index (χ1) is 11.0. The highest BCUT2D eigenvalue weighted by Gasteiger charge is 2.20. The van der Waals surface area contributed by atoms with E-state index in [1.54, 1.807) is 43.3 Å². The number of fused-ring (bicyclic) bond motifs is 1. The number of rotatable bonds is 2. The zero-order valence-corrected chi connectivity index (χ0v) is 12.8. The lowest BCUT2D eigenvalue weighted by molar-refractivity contribution is 0.103. The van der Waals surface area contributed by atoms with Crippen molar-refractivity contribution in [2.75, 3.05) is 0 Å². The largest absolute Gasteiger partial charge is 0.424 e. The lowest BCUT2D eigenvalue weighted by Gasteiger charge is -2.07. The molecule has 0 radical (unpaired) electrons. The zero-order chi connectivity index (χ0) is 16.6. The quantitative estimate of drug-likeness (QED) is 0.395. The molecular weight excluding hydrogens is 314 g/mol. The van der Waals surface area contributed by atoms with Gasteiger partial charge >= 0.3 is 5.63 Å². The van der Waals surface area contributed by atoms with E-state index in [9.17, 15) is 9.59 Å². The summed E-state index contributed by atoms with van der Waals surface area (Å²) in [5.74, 6) is -0.413. The third kappa shape index (κ3) is 2.63. The van der Waals surface area contributed by atoms with E-state index in [4.69, 9.17) is 22.6 Å². The predicted octanol–water partition coefficient (Wildman–Crippen LogP) is 4.54. The molecule has 0 aliphatic carbocycles. The Kier molecular flexibility index (Phi) is 3.73. The molecule has 0 saturated carbocycles. The summed E-state index contributed by atoms with van der Waals surface area (Å²) >= 11 is 5.82. The molecule has 0 bridgehead atoms.